The first-order valence-electron chi connectivity index (χ1n) is 9.55. The molecular weight excluding hydrogens is 421 g/mol. The molecule has 0 unspecified atom stereocenters. The van der Waals surface area contributed by atoms with E-state index in [9.17, 15) is 22.2 Å². The fourth-order valence-electron chi connectivity index (χ4n) is 3.18. The van der Waals surface area contributed by atoms with Gasteiger partial charge in [-0.2, -0.15) is 8.78 Å². The summed E-state index contributed by atoms with van der Waals surface area (Å²) in [4.78, 5) is 18.8. The highest BCUT2D eigenvalue weighted by molar-refractivity contribution is 7.84. The van der Waals surface area contributed by atoms with Gasteiger partial charge in [0.25, 0.3) is 5.56 Å². The van der Waals surface area contributed by atoms with Crippen molar-refractivity contribution in [2.75, 3.05) is 31.2 Å². The summed E-state index contributed by atoms with van der Waals surface area (Å²) in [5, 5.41) is -0.252. The Morgan fingerprint density at radius 2 is 1.87 bits per heavy atom. The minimum absolute atomic E-state index is 0.103. The molecule has 7 nitrogen and oxygen atoms in total. The predicted molar refractivity (Wildman–Crippen MR) is 110 cm³/mol. The number of anilines is 1. The largest absolute Gasteiger partial charge is 0.378 e. The van der Waals surface area contributed by atoms with Crippen LogP contribution < -0.4 is 15.2 Å². The van der Waals surface area contributed by atoms with E-state index >= 15 is 0 Å². The van der Waals surface area contributed by atoms with Crippen LogP contribution in [0.5, 0.6) is 0 Å². The molecule has 2 heterocycles. The van der Waals surface area contributed by atoms with Crippen LogP contribution in [0.25, 0.3) is 10.9 Å². The number of fused-ring (bicyclic) bond motifs is 1. The number of hydrogen-bond acceptors (Lipinski definition) is 5. The van der Waals surface area contributed by atoms with Gasteiger partial charge in [0.1, 0.15) is 5.82 Å². The Morgan fingerprint density at radius 1 is 1.23 bits per heavy atom. The smallest absolute Gasteiger partial charge is 0.324 e. The minimum Gasteiger partial charge on any atom is -0.378 e. The second-order valence-corrected chi connectivity index (χ2v) is 10.1. The highest BCUT2D eigenvalue weighted by atomic mass is 32.2. The number of nitrogens with zero attached hydrogens (tertiary/aromatic N) is 3. The summed E-state index contributed by atoms with van der Waals surface area (Å²) in [5.74, 6) is -0.950. The number of benzene rings is 1. The van der Waals surface area contributed by atoms with Gasteiger partial charge < -0.3 is 9.64 Å². The number of halogens is 3. The van der Waals surface area contributed by atoms with Gasteiger partial charge in [-0.25, -0.2) is 22.9 Å². The van der Waals surface area contributed by atoms with Gasteiger partial charge in [-0.3, -0.25) is 4.79 Å². The molecule has 0 spiro atoms. The molecule has 3 rings (SSSR count). The maximum atomic E-state index is 14.3. The first-order chi connectivity index (χ1) is 14.0. The molecule has 0 amide bonds. The number of morpholine rings is 1. The van der Waals surface area contributed by atoms with Gasteiger partial charge in [0.15, 0.2) is 0 Å². The highest BCUT2D eigenvalue weighted by Gasteiger charge is 2.27. The standard InChI is InChI=1S/C19H25F3N4O3S/c1-11(24-30(28)19(2,3)4)13-9-12(20)10-14-15(13)23-18(25-5-7-29-8-6-25)26(16(14)27)17(21)22/h9-11,17,24H,5-8H2,1-4H3/t11-,30-/m1/s1. The highest BCUT2D eigenvalue weighted by Crippen LogP contribution is 2.28. The van der Waals surface area contributed by atoms with Gasteiger partial charge in [0, 0.05) is 19.1 Å². The molecule has 1 aromatic heterocycles. The van der Waals surface area contributed by atoms with Crippen molar-refractivity contribution in [1.29, 1.82) is 0 Å². The molecule has 1 aliphatic heterocycles. The molecule has 1 aliphatic rings. The van der Waals surface area contributed by atoms with Crippen LogP contribution in [-0.2, 0) is 15.7 Å². The fourth-order valence-corrected chi connectivity index (χ4v) is 3.98. The number of alkyl halides is 2. The van der Waals surface area contributed by atoms with Gasteiger partial charge in [0.2, 0.25) is 5.95 Å². The summed E-state index contributed by atoms with van der Waals surface area (Å²) in [6.07, 6.45) is 0. The third-order valence-electron chi connectivity index (χ3n) is 4.78. The van der Waals surface area contributed by atoms with Gasteiger partial charge in [0.05, 0.1) is 39.8 Å². The maximum Gasteiger partial charge on any atom is 0.324 e. The zero-order valence-electron chi connectivity index (χ0n) is 17.2. The Morgan fingerprint density at radius 3 is 2.43 bits per heavy atom. The zero-order valence-corrected chi connectivity index (χ0v) is 18.1. The maximum absolute atomic E-state index is 14.3. The number of nitrogens with one attached hydrogen (secondary N) is 1. The Labute approximate surface area is 174 Å². The van der Waals surface area contributed by atoms with Crippen molar-refractivity contribution in [1.82, 2.24) is 14.3 Å². The molecule has 0 bridgehead atoms. The zero-order chi connectivity index (χ0) is 22.2. The second-order valence-electron chi connectivity index (χ2n) is 8.08. The lowest BCUT2D eigenvalue weighted by molar-refractivity contribution is 0.0649. The summed E-state index contributed by atoms with van der Waals surface area (Å²) in [6.45, 7) is 5.08. The van der Waals surface area contributed by atoms with Crippen LogP contribution in [0.1, 0.15) is 45.8 Å². The van der Waals surface area contributed by atoms with Crippen molar-refractivity contribution in [3.8, 4) is 0 Å². The van der Waals surface area contributed by atoms with Crippen LogP contribution >= 0.6 is 0 Å². The summed E-state index contributed by atoms with van der Waals surface area (Å²) in [6, 6.07) is 1.45. The van der Waals surface area contributed by atoms with Gasteiger partial charge in [-0.05, 0) is 45.4 Å². The first-order valence-corrected chi connectivity index (χ1v) is 10.7. The molecule has 2 atom stereocenters. The van der Waals surface area contributed by atoms with E-state index < -0.39 is 39.7 Å². The normalized spacial score (nSPS) is 17.5. The van der Waals surface area contributed by atoms with E-state index in [2.05, 4.69) is 9.71 Å². The van der Waals surface area contributed by atoms with E-state index in [-0.39, 0.29) is 27.0 Å². The molecule has 166 valence electrons. The lowest BCUT2D eigenvalue weighted by Crippen LogP contribution is -2.41. The molecule has 1 saturated heterocycles. The van der Waals surface area contributed by atoms with Gasteiger partial charge in [-0.1, -0.05) is 0 Å². The quantitative estimate of drug-likeness (QED) is 0.765. The number of aromatic nitrogens is 2. The number of hydrogen-bond donors (Lipinski definition) is 1. The van der Waals surface area contributed by atoms with E-state index in [1.807, 2.05) is 0 Å². The fraction of sp³-hybridized carbons (Fsp3) is 0.579. The van der Waals surface area contributed by atoms with E-state index in [4.69, 9.17) is 4.74 Å². The van der Waals surface area contributed by atoms with Crippen LogP contribution in [0, 0.1) is 5.82 Å². The molecule has 1 aromatic carbocycles. The molecule has 1 fully saturated rings. The third-order valence-corrected chi connectivity index (χ3v) is 6.46. The second kappa shape index (κ2) is 8.64. The summed E-state index contributed by atoms with van der Waals surface area (Å²) >= 11 is 0. The van der Waals surface area contributed by atoms with Gasteiger partial charge in [-0.15, -0.1) is 0 Å². The topological polar surface area (TPSA) is 76.5 Å². The van der Waals surface area contributed by atoms with E-state index in [0.29, 0.717) is 26.3 Å². The van der Waals surface area contributed by atoms with Crippen molar-refractivity contribution >= 4 is 27.8 Å². The Balaban J connectivity index is 2.20. The van der Waals surface area contributed by atoms with Crippen LogP contribution in [0.2, 0.25) is 0 Å². The lowest BCUT2D eigenvalue weighted by Gasteiger charge is -2.30. The SMILES string of the molecule is C[C@@H](N[S@](=O)C(C)(C)C)c1cc(F)cc2c(=O)n(C(F)F)c(N3CCOCC3)nc12. The summed E-state index contributed by atoms with van der Waals surface area (Å²) in [5.41, 5.74) is -0.650. The van der Waals surface area contributed by atoms with E-state index in [0.717, 1.165) is 6.07 Å². The van der Waals surface area contributed by atoms with Crippen LogP contribution in [0.15, 0.2) is 16.9 Å². The van der Waals surface area contributed by atoms with E-state index in [1.54, 1.807) is 32.6 Å². The van der Waals surface area contributed by atoms with Gasteiger partial charge >= 0.3 is 6.55 Å². The van der Waals surface area contributed by atoms with Crippen LogP contribution in [0.4, 0.5) is 19.1 Å². The van der Waals surface area contributed by atoms with Crippen LogP contribution in [-0.4, -0.2) is 44.8 Å². The molecular formula is C19H25F3N4O3S. The number of ether oxygens (including phenoxy) is 1. The van der Waals surface area contributed by atoms with Crippen molar-refractivity contribution in [2.45, 2.75) is 45.0 Å². The number of rotatable bonds is 5. The first kappa shape index (κ1) is 22.7. The molecule has 30 heavy (non-hydrogen) atoms. The molecule has 11 heteroatoms. The Hall–Kier alpha value is -1.98. The summed E-state index contributed by atoms with van der Waals surface area (Å²) < 4.78 is 62.1. The minimum atomic E-state index is -3.14. The molecule has 0 aliphatic carbocycles. The lowest BCUT2D eigenvalue weighted by atomic mass is 10.0. The van der Waals surface area contributed by atoms with Crippen molar-refractivity contribution in [2.24, 2.45) is 0 Å². The average molecular weight is 446 g/mol. The monoisotopic (exact) mass is 446 g/mol. The molecule has 0 radical (unpaired) electrons. The summed E-state index contributed by atoms with van der Waals surface area (Å²) in [7, 11) is -1.47. The molecule has 1 N–H and O–H groups in total. The van der Waals surface area contributed by atoms with Crippen molar-refractivity contribution in [3.05, 3.63) is 33.9 Å². The van der Waals surface area contributed by atoms with Crippen molar-refractivity contribution < 1.29 is 22.1 Å². The Bertz CT molecular complexity index is 1020. The predicted octanol–water partition coefficient (Wildman–Crippen LogP) is 2.88. The molecule has 2 aromatic rings. The molecule has 0 saturated carbocycles. The van der Waals surface area contributed by atoms with Crippen LogP contribution in [0.3, 0.4) is 0 Å². The third kappa shape index (κ3) is 4.52. The van der Waals surface area contributed by atoms with E-state index in [1.165, 1.54) is 6.07 Å². The Kier molecular flexibility index (Phi) is 6.54. The van der Waals surface area contributed by atoms with Crippen molar-refractivity contribution in [3.63, 3.8) is 0 Å². The average Bonchev–Trinajstić information content (AvgIpc) is 2.67.